The number of fused-ring (bicyclic) bond motifs is 1. The molecule has 0 N–H and O–H groups in total. The molecule has 0 atom stereocenters. The van der Waals surface area contributed by atoms with Gasteiger partial charge in [0.25, 0.3) is 0 Å². The van der Waals surface area contributed by atoms with Crippen LogP contribution in [0, 0.1) is 6.92 Å². The summed E-state index contributed by atoms with van der Waals surface area (Å²) in [6.07, 6.45) is 0. The van der Waals surface area contributed by atoms with Crippen molar-refractivity contribution < 1.29 is 14.3 Å². The van der Waals surface area contributed by atoms with Crippen LogP contribution in [0.5, 0.6) is 11.5 Å². The number of hydrogen-bond acceptors (Lipinski definition) is 3. The summed E-state index contributed by atoms with van der Waals surface area (Å²) in [4.78, 5) is 12.1. The lowest BCUT2D eigenvalue weighted by molar-refractivity contribution is 0.101. The van der Waals surface area contributed by atoms with Gasteiger partial charge in [-0.1, -0.05) is 24.3 Å². The molecule has 3 heteroatoms. The van der Waals surface area contributed by atoms with Crippen molar-refractivity contribution >= 4 is 5.78 Å². The number of ether oxygens (including phenoxy) is 2. The standard InChI is InChI=1S/C19H18O3/c1-12(2)19-18(20)16-9-8-15(10-17(16)22-19)21-11-14-7-5-4-6-13(14)3/h4-10H,11H2,1-3H3. The van der Waals surface area contributed by atoms with Crippen molar-refractivity contribution in [2.75, 3.05) is 0 Å². The van der Waals surface area contributed by atoms with Crippen LogP contribution in [0.1, 0.15) is 35.3 Å². The molecule has 0 bridgehead atoms. The molecule has 3 rings (SSSR count). The molecule has 0 fully saturated rings. The maximum absolute atomic E-state index is 12.1. The van der Waals surface area contributed by atoms with Crippen LogP contribution in [0.3, 0.4) is 0 Å². The van der Waals surface area contributed by atoms with Gasteiger partial charge in [0.05, 0.1) is 5.56 Å². The second-order valence-electron chi connectivity index (χ2n) is 5.63. The lowest BCUT2D eigenvalue weighted by Gasteiger charge is -2.09. The third-order valence-corrected chi connectivity index (χ3v) is 3.73. The molecule has 112 valence electrons. The fourth-order valence-corrected chi connectivity index (χ4v) is 2.41. The van der Waals surface area contributed by atoms with Crippen LogP contribution in [0.2, 0.25) is 0 Å². The summed E-state index contributed by atoms with van der Waals surface area (Å²) in [5.74, 6) is 1.64. The molecule has 0 unspecified atom stereocenters. The summed E-state index contributed by atoms with van der Waals surface area (Å²) >= 11 is 0. The number of aryl methyl sites for hydroxylation is 1. The van der Waals surface area contributed by atoms with Crippen LogP contribution in [-0.2, 0) is 6.61 Å². The van der Waals surface area contributed by atoms with Crippen molar-refractivity contribution in [1.82, 2.24) is 0 Å². The lowest BCUT2D eigenvalue weighted by atomic mass is 10.1. The minimum absolute atomic E-state index is 0.0551. The van der Waals surface area contributed by atoms with Crippen LogP contribution in [0.4, 0.5) is 0 Å². The van der Waals surface area contributed by atoms with Gasteiger partial charge in [0.1, 0.15) is 18.1 Å². The van der Waals surface area contributed by atoms with Gasteiger partial charge in [0, 0.05) is 6.07 Å². The third kappa shape index (κ3) is 2.62. The first kappa shape index (κ1) is 14.4. The fraction of sp³-hybridized carbons (Fsp3) is 0.211. The third-order valence-electron chi connectivity index (χ3n) is 3.73. The van der Waals surface area contributed by atoms with Gasteiger partial charge in [0.2, 0.25) is 5.78 Å². The Labute approximate surface area is 130 Å². The average Bonchev–Trinajstić information content (AvgIpc) is 2.83. The van der Waals surface area contributed by atoms with E-state index in [0.717, 1.165) is 11.1 Å². The van der Waals surface area contributed by atoms with E-state index >= 15 is 0 Å². The first-order chi connectivity index (χ1) is 10.6. The Kier molecular flexibility index (Phi) is 3.72. The fourth-order valence-electron chi connectivity index (χ4n) is 2.41. The highest BCUT2D eigenvalue weighted by atomic mass is 16.5. The molecule has 3 nitrogen and oxygen atoms in total. The Morgan fingerprint density at radius 2 is 1.91 bits per heavy atom. The first-order valence-corrected chi connectivity index (χ1v) is 7.27. The summed E-state index contributed by atoms with van der Waals surface area (Å²) in [6, 6.07) is 13.5. The monoisotopic (exact) mass is 294 g/mol. The smallest absolute Gasteiger partial charge is 0.231 e. The summed E-state index contributed by atoms with van der Waals surface area (Å²) < 4.78 is 11.5. The number of ketones is 1. The maximum atomic E-state index is 12.1. The lowest BCUT2D eigenvalue weighted by Crippen LogP contribution is -2.00. The van der Waals surface area contributed by atoms with E-state index in [4.69, 9.17) is 9.47 Å². The molecular formula is C19H18O3. The zero-order chi connectivity index (χ0) is 15.7. The van der Waals surface area contributed by atoms with Crippen LogP contribution >= 0.6 is 0 Å². The summed E-state index contributed by atoms with van der Waals surface area (Å²) in [6.45, 7) is 6.29. The molecule has 0 aromatic heterocycles. The van der Waals surface area contributed by atoms with E-state index in [1.54, 1.807) is 12.1 Å². The molecule has 0 amide bonds. The van der Waals surface area contributed by atoms with E-state index in [1.807, 2.05) is 38.1 Å². The van der Waals surface area contributed by atoms with Crippen LogP contribution in [-0.4, -0.2) is 5.78 Å². The molecule has 22 heavy (non-hydrogen) atoms. The van der Waals surface area contributed by atoms with Gasteiger partial charge < -0.3 is 9.47 Å². The molecule has 2 aromatic rings. The van der Waals surface area contributed by atoms with E-state index in [2.05, 4.69) is 13.0 Å². The highest BCUT2D eigenvalue weighted by molar-refractivity contribution is 6.12. The summed E-state index contributed by atoms with van der Waals surface area (Å²) in [5.41, 5.74) is 3.81. The van der Waals surface area contributed by atoms with Gasteiger partial charge >= 0.3 is 0 Å². The topological polar surface area (TPSA) is 35.5 Å². The second kappa shape index (κ2) is 5.68. The normalized spacial score (nSPS) is 12.9. The van der Waals surface area contributed by atoms with Gasteiger partial charge in [0.15, 0.2) is 5.76 Å². The van der Waals surface area contributed by atoms with Crippen molar-refractivity contribution in [3.05, 3.63) is 70.5 Å². The summed E-state index contributed by atoms with van der Waals surface area (Å²) in [5, 5.41) is 0. The van der Waals surface area contributed by atoms with Gasteiger partial charge in [-0.3, -0.25) is 4.79 Å². The van der Waals surface area contributed by atoms with Crippen LogP contribution in [0.25, 0.3) is 0 Å². The van der Waals surface area contributed by atoms with Crippen molar-refractivity contribution in [3.8, 4) is 11.5 Å². The van der Waals surface area contributed by atoms with E-state index in [9.17, 15) is 4.79 Å². The predicted octanol–water partition coefficient (Wildman–Crippen LogP) is 4.44. The van der Waals surface area contributed by atoms with Crippen molar-refractivity contribution in [1.29, 1.82) is 0 Å². The van der Waals surface area contributed by atoms with Gasteiger partial charge in [-0.15, -0.1) is 0 Å². The molecule has 0 saturated heterocycles. The number of carbonyl (C=O) groups is 1. The Balaban J connectivity index is 1.79. The molecule has 0 saturated carbocycles. The first-order valence-electron chi connectivity index (χ1n) is 7.27. The van der Waals surface area contributed by atoms with Crippen LogP contribution < -0.4 is 9.47 Å². The zero-order valence-corrected chi connectivity index (χ0v) is 13.0. The molecule has 0 radical (unpaired) electrons. The van der Waals surface area contributed by atoms with Crippen LogP contribution in [0.15, 0.2) is 53.8 Å². The van der Waals surface area contributed by atoms with E-state index in [1.165, 1.54) is 5.56 Å². The SMILES string of the molecule is CC(C)=C1Oc2cc(OCc3ccccc3C)ccc2C1=O. The number of Topliss-reactive ketones (excluding diaryl/α,β-unsaturated/α-hetero) is 1. The molecule has 0 spiro atoms. The van der Waals surface area contributed by atoms with Crippen molar-refractivity contribution in [3.63, 3.8) is 0 Å². The Bertz CT molecular complexity index is 768. The molecule has 2 aromatic carbocycles. The molecule has 0 aliphatic carbocycles. The quantitative estimate of drug-likeness (QED) is 0.785. The average molecular weight is 294 g/mol. The minimum Gasteiger partial charge on any atom is -0.489 e. The number of carbonyl (C=O) groups excluding carboxylic acids is 1. The van der Waals surface area contributed by atoms with E-state index in [-0.39, 0.29) is 5.78 Å². The molecule has 1 aliphatic rings. The summed E-state index contributed by atoms with van der Waals surface area (Å²) in [7, 11) is 0. The minimum atomic E-state index is -0.0551. The largest absolute Gasteiger partial charge is 0.489 e. The number of benzene rings is 2. The van der Waals surface area contributed by atoms with Gasteiger partial charge in [-0.2, -0.15) is 0 Å². The molecular weight excluding hydrogens is 276 g/mol. The highest BCUT2D eigenvalue weighted by Crippen LogP contribution is 2.35. The maximum Gasteiger partial charge on any atom is 0.231 e. The Morgan fingerprint density at radius 1 is 1.14 bits per heavy atom. The molecule has 1 aliphatic heterocycles. The van der Waals surface area contributed by atoms with E-state index < -0.39 is 0 Å². The zero-order valence-electron chi connectivity index (χ0n) is 13.0. The van der Waals surface area contributed by atoms with E-state index in [0.29, 0.717) is 29.4 Å². The Hall–Kier alpha value is -2.55. The highest BCUT2D eigenvalue weighted by Gasteiger charge is 2.28. The molecule has 1 heterocycles. The van der Waals surface area contributed by atoms with Gasteiger partial charge in [-0.25, -0.2) is 0 Å². The predicted molar refractivity (Wildman–Crippen MR) is 85.3 cm³/mol. The van der Waals surface area contributed by atoms with Crippen molar-refractivity contribution in [2.24, 2.45) is 0 Å². The van der Waals surface area contributed by atoms with Gasteiger partial charge in [-0.05, 0) is 49.6 Å². The second-order valence-corrected chi connectivity index (χ2v) is 5.63. The van der Waals surface area contributed by atoms with Crippen molar-refractivity contribution in [2.45, 2.75) is 27.4 Å². The number of hydrogen-bond donors (Lipinski definition) is 0. The Morgan fingerprint density at radius 3 is 2.64 bits per heavy atom. The number of allylic oxidation sites excluding steroid dienone is 2. The number of rotatable bonds is 3.